The van der Waals surface area contributed by atoms with Crippen LogP contribution in [0, 0.1) is 11.8 Å². The monoisotopic (exact) mass is 521 g/mol. The summed E-state index contributed by atoms with van der Waals surface area (Å²) in [5.74, 6) is 1.70. The molecule has 3 atom stereocenters. The highest BCUT2D eigenvalue weighted by atomic mass is 35.5. The molecule has 0 aromatic rings. The topological polar surface area (TPSA) is 36.9 Å². The Bertz CT molecular complexity index is 454. The van der Waals surface area contributed by atoms with Crippen molar-refractivity contribution in [3.8, 4) is 0 Å². The predicted molar refractivity (Wildman–Crippen MR) is 143 cm³/mol. The van der Waals surface area contributed by atoms with E-state index in [1.165, 1.54) is 83.5 Å². The molecule has 0 aromatic heterocycles. The van der Waals surface area contributed by atoms with Gasteiger partial charge in [-0.2, -0.15) is 0 Å². The Morgan fingerprint density at radius 2 is 1.43 bits per heavy atom. The molecule has 0 spiro atoms. The molecule has 1 saturated carbocycles. The maximum atomic E-state index is 6.18. The number of hydrogen-bond donors (Lipinski definition) is 0. The zero-order valence-electron chi connectivity index (χ0n) is 24.2. The van der Waals surface area contributed by atoms with Crippen LogP contribution in [0.2, 0.25) is 0 Å². The van der Waals surface area contributed by atoms with E-state index in [2.05, 4.69) is 28.1 Å². The van der Waals surface area contributed by atoms with E-state index in [1.807, 2.05) is 6.92 Å². The van der Waals surface area contributed by atoms with Gasteiger partial charge in [0.2, 0.25) is 0 Å². The lowest BCUT2D eigenvalue weighted by molar-refractivity contribution is -0.870. The van der Waals surface area contributed by atoms with E-state index in [1.54, 1.807) is 7.11 Å². The number of quaternary nitrogens is 1. The molecule has 1 fully saturated rings. The molecule has 212 valence electrons. The Kier molecular flexibility index (Phi) is 22.2. The highest BCUT2D eigenvalue weighted by Gasteiger charge is 2.24. The van der Waals surface area contributed by atoms with Gasteiger partial charge in [0.1, 0.15) is 12.6 Å². The van der Waals surface area contributed by atoms with Crippen molar-refractivity contribution in [2.75, 3.05) is 61.2 Å². The first-order chi connectivity index (χ1) is 16.4. The van der Waals surface area contributed by atoms with Crippen LogP contribution in [-0.4, -0.2) is 78.1 Å². The van der Waals surface area contributed by atoms with Crippen LogP contribution < -0.4 is 12.4 Å². The minimum Gasteiger partial charge on any atom is -1.00 e. The molecule has 1 aliphatic carbocycles. The van der Waals surface area contributed by atoms with Crippen LogP contribution in [0.15, 0.2) is 0 Å². The SMILES string of the molecule is CCCCCCCCCC(CCOC(OC)C(C)OCCOCC[N+](C)(C)C)C1CCCCC1.[Cl-]. The molecule has 1 rings (SSSR count). The molecule has 0 aliphatic heterocycles. The third kappa shape index (κ3) is 18.9. The average Bonchev–Trinajstić information content (AvgIpc) is 2.81. The molecule has 0 bridgehead atoms. The van der Waals surface area contributed by atoms with Crippen molar-refractivity contribution in [2.24, 2.45) is 11.8 Å². The fourth-order valence-electron chi connectivity index (χ4n) is 5.13. The highest BCUT2D eigenvalue weighted by Crippen LogP contribution is 2.35. The van der Waals surface area contributed by atoms with E-state index >= 15 is 0 Å². The van der Waals surface area contributed by atoms with Crippen molar-refractivity contribution in [2.45, 2.75) is 116 Å². The van der Waals surface area contributed by atoms with Crippen LogP contribution in [0.25, 0.3) is 0 Å². The van der Waals surface area contributed by atoms with Gasteiger partial charge in [-0.1, -0.05) is 90.4 Å². The van der Waals surface area contributed by atoms with Gasteiger partial charge in [0.05, 0.1) is 47.6 Å². The van der Waals surface area contributed by atoms with Crippen molar-refractivity contribution in [1.29, 1.82) is 0 Å². The molecule has 0 radical (unpaired) electrons. The Balaban J connectivity index is 0.0000116. The molecule has 6 heteroatoms. The number of unbranched alkanes of at least 4 members (excludes halogenated alkanes) is 6. The standard InChI is InChI=1S/C29H60NO4.ClH/c1-7-8-9-10-11-12-14-19-28(27-17-15-13-16-18-27)20-22-34-29(31-6)26(2)33-25-24-32-23-21-30(3,4)5;/h26-29H,7-25H2,1-6H3;1H/q+1;/p-1. The summed E-state index contributed by atoms with van der Waals surface area (Å²) in [5, 5.41) is 0. The lowest BCUT2D eigenvalue weighted by Gasteiger charge is -2.31. The largest absolute Gasteiger partial charge is 1.00 e. The maximum absolute atomic E-state index is 6.18. The number of nitrogens with zero attached hydrogens (tertiary/aromatic N) is 1. The van der Waals surface area contributed by atoms with E-state index in [-0.39, 0.29) is 24.8 Å². The Morgan fingerprint density at radius 1 is 0.771 bits per heavy atom. The quantitative estimate of drug-likeness (QED) is 0.123. The van der Waals surface area contributed by atoms with Crippen LogP contribution in [0.4, 0.5) is 0 Å². The van der Waals surface area contributed by atoms with Crippen LogP contribution in [0.5, 0.6) is 0 Å². The van der Waals surface area contributed by atoms with Crippen LogP contribution in [0.1, 0.15) is 104 Å². The maximum Gasteiger partial charge on any atom is 0.183 e. The van der Waals surface area contributed by atoms with E-state index in [4.69, 9.17) is 18.9 Å². The number of halogens is 1. The van der Waals surface area contributed by atoms with Crippen molar-refractivity contribution in [1.82, 2.24) is 0 Å². The van der Waals surface area contributed by atoms with Crippen molar-refractivity contribution in [3.63, 3.8) is 0 Å². The summed E-state index contributed by atoms with van der Waals surface area (Å²) in [7, 11) is 8.25. The summed E-state index contributed by atoms with van der Waals surface area (Å²) >= 11 is 0. The normalized spacial score (nSPS) is 17.7. The second-order valence-electron chi connectivity index (χ2n) is 11.5. The van der Waals surface area contributed by atoms with Crippen molar-refractivity contribution >= 4 is 0 Å². The van der Waals surface area contributed by atoms with Crippen molar-refractivity contribution < 1.29 is 35.8 Å². The second-order valence-corrected chi connectivity index (χ2v) is 11.5. The van der Waals surface area contributed by atoms with Gasteiger partial charge in [0.25, 0.3) is 0 Å². The summed E-state index contributed by atoms with van der Waals surface area (Å²) in [6, 6.07) is 0. The zero-order chi connectivity index (χ0) is 25.1. The van der Waals surface area contributed by atoms with Gasteiger partial charge in [-0.05, 0) is 25.2 Å². The molecule has 0 amide bonds. The molecule has 0 heterocycles. The molecule has 1 aliphatic rings. The van der Waals surface area contributed by atoms with Gasteiger partial charge in [-0.15, -0.1) is 0 Å². The Labute approximate surface area is 225 Å². The molecular weight excluding hydrogens is 462 g/mol. The summed E-state index contributed by atoms with van der Waals surface area (Å²) < 4.78 is 24.4. The lowest BCUT2D eigenvalue weighted by atomic mass is 9.76. The third-order valence-corrected chi connectivity index (χ3v) is 7.40. The summed E-state index contributed by atoms with van der Waals surface area (Å²) in [4.78, 5) is 0. The Hall–Kier alpha value is 0.0900. The number of ether oxygens (including phenoxy) is 4. The van der Waals surface area contributed by atoms with Gasteiger partial charge in [0, 0.05) is 7.11 Å². The summed E-state index contributed by atoms with van der Waals surface area (Å²) in [6.07, 6.45) is 19.0. The van der Waals surface area contributed by atoms with Gasteiger partial charge in [-0.25, -0.2) is 0 Å². The molecule has 0 N–H and O–H groups in total. The minimum atomic E-state index is -0.309. The van der Waals surface area contributed by atoms with Gasteiger partial charge >= 0.3 is 0 Å². The van der Waals surface area contributed by atoms with Crippen LogP contribution in [0.3, 0.4) is 0 Å². The van der Waals surface area contributed by atoms with Crippen LogP contribution >= 0.6 is 0 Å². The molecule has 3 unspecified atom stereocenters. The fraction of sp³-hybridized carbons (Fsp3) is 1.00. The average molecular weight is 522 g/mol. The first kappa shape index (κ1) is 35.1. The fourth-order valence-corrected chi connectivity index (χ4v) is 5.13. The lowest BCUT2D eigenvalue weighted by Crippen LogP contribution is -3.00. The van der Waals surface area contributed by atoms with E-state index < -0.39 is 0 Å². The van der Waals surface area contributed by atoms with E-state index in [0.29, 0.717) is 13.2 Å². The molecule has 0 aromatic carbocycles. The molecule has 35 heavy (non-hydrogen) atoms. The third-order valence-electron chi connectivity index (χ3n) is 7.40. The molecular formula is C29H60ClNO4. The first-order valence-electron chi connectivity index (χ1n) is 14.5. The number of likely N-dealkylation sites (N-methyl/N-ethyl adjacent to an activating group) is 1. The number of hydrogen-bond acceptors (Lipinski definition) is 4. The molecule has 5 nitrogen and oxygen atoms in total. The first-order valence-corrected chi connectivity index (χ1v) is 14.5. The summed E-state index contributed by atoms with van der Waals surface area (Å²) in [5.41, 5.74) is 0. The molecule has 0 saturated heterocycles. The van der Waals surface area contributed by atoms with E-state index in [0.717, 1.165) is 42.5 Å². The second kappa shape index (κ2) is 22.1. The minimum absolute atomic E-state index is 0. The van der Waals surface area contributed by atoms with Crippen LogP contribution in [-0.2, 0) is 18.9 Å². The van der Waals surface area contributed by atoms with Crippen molar-refractivity contribution in [3.05, 3.63) is 0 Å². The smallest absolute Gasteiger partial charge is 0.183 e. The number of rotatable bonds is 22. The summed E-state index contributed by atoms with van der Waals surface area (Å²) in [6.45, 7) is 8.04. The van der Waals surface area contributed by atoms with Gasteiger partial charge in [-0.3, -0.25) is 0 Å². The zero-order valence-corrected chi connectivity index (χ0v) is 25.0. The van der Waals surface area contributed by atoms with E-state index in [9.17, 15) is 0 Å². The highest BCUT2D eigenvalue weighted by molar-refractivity contribution is 4.74. The van der Waals surface area contributed by atoms with Gasteiger partial charge < -0.3 is 35.8 Å². The van der Waals surface area contributed by atoms with Gasteiger partial charge in [0.15, 0.2) is 6.29 Å². The number of methoxy groups -OCH3 is 1. The predicted octanol–water partition coefficient (Wildman–Crippen LogP) is 3.83. The Morgan fingerprint density at radius 3 is 2.06 bits per heavy atom.